The van der Waals surface area contributed by atoms with E-state index in [1.54, 1.807) is 25.2 Å². The first-order chi connectivity index (χ1) is 57.4. The number of carbonyl (C=O) groups excluding carboxylic acids is 2. The third-order valence-electron chi connectivity index (χ3n) is 22.3. The Labute approximate surface area is 753 Å². The fourth-order valence-electron chi connectivity index (χ4n) is 15.8. The van der Waals surface area contributed by atoms with Gasteiger partial charge in [-0.3, -0.25) is 14.6 Å². The molecule has 0 atom stereocenters. The summed E-state index contributed by atoms with van der Waals surface area (Å²) in [5, 5.41) is 38.7. The monoisotopic (exact) mass is 1980 g/mol. The van der Waals surface area contributed by atoms with Gasteiger partial charge < -0.3 is 34.5 Å². The largest absolute Gasteiger partial charge is 0.512 e. The Balaban J connectivity index is 0.000000177. The number of fused-ring (bicyclic) bond motifs is 8. The van der Waals surface area contributed by atoms with Crippen molar-refractivity contribution in [1.29, 1.82) is 10.5 Å². The Morgan fingerprint density at radius 3 is 1.54 bits per heavy atom. The molecule has 628 valence electrons. The fourth-order valence-corrected chi connectivity index (χ4v) is 15.8. The van der Waals surface area contributed by atoms with Crippen LogP contribution in [0.2, 0.25) is 0 Å². The maximum Gasteiger partial charge on any atom is 0.269 e. The van der Waals surface area contributed by atoms with Crippen LogP contribution in [0.5, 0.6) is 0 Å². The molecular weight excluding hydrogens is 1880 g/mol. The van der Waals surface area contributed by atoms with Crippen LogP contribution in [0.1, 0.15) is 168 Å². The van der Waals surface area contributed by atoms with Crippen molar-refractivity contribution in [1.82, 2.24) is 9.97 Å². The van der Waals surface area contributed by atoms with E-state index in [1.165, 1.54) is 117 Å². The van der Waals surface area contributed by atoms with Crippen LogP contribution in [0.4, 0.5) is 11.4 Å². The quantitative estimate of drug-likeness (QED) is 0.0605. The predicted octanol–water partition coefficient (Wildman–Crippen LogP) is 25.8. The van der Waals surface area contributed by atoms with Gasteiger partial charge in [-0.2, -0.15) is 0 Å². The minimum atomic E-state index is -0.241. The van der Waals surface area contributed by atoms with E-state index in [4.69, 9.17) is 43.1 Å². The number of aromatic nitrogens is 2. The second-order valence-corrected chi connectivity index (χ2v) is 34.5. The molecule has 2 aromatic heterocycles. The van der Waals surface area contributed by atoms with Gasteiger partial charge in [-0.1, -0.05) is 226 Å². The number of hydrogen-bond acceptors (Lipinski definition) is 12. The van der Waals surface area contributed by atoms with E-state index in [2.05, 4.69) is 253 Å². The summed E-state index contributed by atoms with van der Waals surface area (Å²) >= 11 is 0. The molecule has 4 aliphatic heterocycles. The number of aliphatic hydroxyl groups is 2. The van der Waals surface area contributed by atoms with Crippen LogP contribution in [-0.2, 0) is 80.9 Å². The molecule has 2 radical (unpaired) electrons. The third-order valence-corrected chi connectivity index (χ3v) is 22.3. The summed E-state index contributed by atoms with van der Waals surface area (Å²) in [4.78, 5) is 40.8. The van der Waals surface area contributed by atoms with E-state index in [9.17, 15) is 14.9 Å². The molecule has 0 amide bonds. The number of carbonyl (C=O) groups is 2. The molecule has 2 aliphatic carbocycles. The Bertz CT molecular complexity index is 6120. The molecule has 14 nitrogen and oxygen atoms in total. The standard InChI is InChI=1S/C30H35N3O.2C24H18N.C19H17N3O.2C5H8O2.2Ir/c1-28(2,3)26-18-21(25(19-31)32-8)17-22(34-26)10-9-20-15-23-27-24(16-20)30(6,7)12-14-33(27)13-11-29(23,4)5;1-24(2)20-9-5-4-8-18(20)19-13-11-17(15-21(19)24)23-14-12-16-7-3-6-10-22(16)25-23;1-24(2)21-10-6-5-9-19(21)20-12-11-17(15-22(20)24)23-18-8-4-3-7-16(18)13-14-25-23;1-14-11-16(19(13-20)21-2)12-18(23-14)10-7-15-5-8-17(9-6-15)22(3)4;2*1-4(6)3-5(2)7;;/h9-10,15-18H,11-14H2,1-7H3;2*3-10,12-15H,1-2H3;5-12H,1,3-4H3;2*3,6H,1-2H3;;/q;2*-1;;;;;/b10-9+,25-21-;;;10-7+,19-16+;;;;. The van der Waals surface area contributed by atoms with Crippen LogP contribution in [0, 0.1) is 53.4 Å². The molecule has 8 aromatic carbocycles. The number of pyridine rings is 2. The second kappa shape index (κ2) is 39.9. The summed E-state index contributed by atoms with van der Waals surface area (Å²) in [6.07, 6.45) is 21.4. The molecule has 123 heavy (non-hydrogen) atoms. The number of hydrogen-bond donors (Lipinski definition) is 2. The van der Waals surface area contributed by atoms with Gasteiger partial charge in [-0.25, -0.2) is 20.2 Å². The van der Waals surface area contributed by atoms with Gasteiger partial charge in [0.1, 0.15) is 23.0 Å². The van der Waals surface area contributed by atoms with Crippen LogP contribution < -0.4 is 9.80 Å². The molecule has 0 saturated heterocycles. The topological polar surface area (TPSA) is 182 Å². The van der Waals surface area contributed by atoms with Crippen LogP contribution in [-0.4, -0.2) is 58.9 Å². The summed E-state index contributed by atoms with van der Waals surface area (Å²) in [6.45, 7) is 49.0. The smallest absolute Gasteiger partial charge is 0.269 e. The number of ketones is 2. The zero-order chi connectivity index (χ0) is 87.5. The molecule has 0 spiro atoms. The third kappa shape index (κ3) is 22.2. The van der Waals surface area contributed by atoms with Crippen molar-refractivity contribution in [3.05, 3.63) is 367 Å². The van der Waals surface area contributed by atoms with Crippen molar-refractivity contribution < 1.29 is 69.5 Å². The van der Waals surface area contributed by atoms with E-state index < -0.39 is 0 Å². The Hall–Kier alpha value is -12.6. The zero-order valence-corrected chi connectivity index (χ0v) is 78.0. The summed E-state index contributed by atoms with van der Waals surface area (Å²) in [7, 11) is 4.00. The molecule has 0 saturated carbocycles. The van der Waals surface area contributed by atoms with E-state index in [0.29, 0.717) is 28.4 Å². The van der Waals surface area contributed by atoms with Crippen LogP contribution in [0.3, 0.4) is 0 Å². The van der Waals surface area contributed by atoms with Crippen molar-refractivity contribution in [3.8, 4) is 56.9 Å². The van der Waals surface area contributed by atoms with E-state index in [1.807, 2.05) is 98.0 Å². The first-order valence-corrected chi connectivity index (χ1v) is 40.5. The Morgan fingerprint density at radius 1 is 0.553 bits per heavy atom. The Morgan fingerprint density at radius 2 is 1.03 bits per heavy atom. The van der Waals surface area contributed by atoms with Gasteiger partial charge in [-0.15, -0.1) is 58.7 Å². The maximum absolute atomic E-state index is 10.0. The Kier molecular flexibility index (Phi) is 30.6. The van der Waals surface area contributed by atoms with E-state index in [-0.39, 0.29) is 102 Å². The number of nitriles is 2. The number of ether oxygens (including phenoxy) is 2. The minimum absolute atomic E-state index is 0. The average molecular weight is 1980 g/mol. The van der Waals surface area contributed by atoms with Crippen molar-refractivity contribution in [2.75, 3.05) is 37.0 Å². The van der Waals surface area contributed by atoms with Crippen molar-refractivity contribution in [3.63, 3.8) is 0 Å². The number of nitrogens with zero attached hydrogens (tertiary/aromatic N) is 8. The van der Waals surface area contributed by atoms with Crippen LogP contribution in [0.15, 0.2) is 288 Å². The summed E-state index contributed by atoms with van der Waals surface area (Å²) in [5.41, 5.74) is 24.9. The van der Waals surface area contributed by atoms with E-state index in [0.717, 1.165) is 76.5 Å². The number of anilines is 2. The second-order valence-electron chi connectivity index (χ2n) is 34.5. The normalized spacial score (nSPS) is 16.2. The molecule has 16 heteroatoms. The molecular formula is C107H104Ir2N8O6-2. The first kappa shape index (κ1) is 94.2. The molecule has 16 rings (SSSR count). The summed E-state index contributed by atoms with van der Waals surface area (Å²) in [5.74, 6) is 2.53. The number of rotatable bonds is 9. The molecule has 2 N–H and O–H groups in total. The van der Waals surface area contributed by atoms with Gasteiger partial charge in [0, 0.05) is 103 Å². The molecule has 6 aliphatic rings. The fraction of sp³-hybridized carbons (Fsp3) is 0.252. The van der Waals surface area contributed by atoms with Crippen molar-refractivity contribution in [2.45, 2.75) is 145 Å². The van der Waals surface area contributed by atoms with Crippen LogP contribution >= 0.6 is 0 Å². The van der Waals surface area contributed by atoms with E-state index >= 15 is 0 Å². The van der Waals surface area contributed by atoms with Gasteiger partial charge in [0.25, 0.3) is 11.4 Å². The van der Waals surface area contributed by atoms with Crippen molar-refractivity contribution in [2.24, 2.45) is 5.41 Å². The predicted molar refractivity (Wildman–Crippen MR) is 492 cm³/mol. The number of para-hydroxylation sites is 1. The number of benzene rings is 8. The number of allylic oxidation sites excluding steroid dienone is 16. The summed E-state index contributed by atoms with van der Waals surface area (Å²) in [6, 6.07) is 72.8. The van der Waals surface area contributed by atoms with Gasteiger partial charge >= 0.3 is 0 Å². The molecule has 0 bridgehead atoms. The SMILES string of the molecule is CC(=O)C=C(C)O.CC(=O)C=C(C)O.CC1(C)c2ccccc2-c2c[c-]c(-c3ccc4ccccc4n3)cc21.CC1(C)c2ccccc2-c2c[c-]c(-c3nccc4ccccc34)cc21.[C-]#[N+]/C(C#N)=C1C=C(/C=C/c2cc3c4c(c2)C(C)(C)CCN4CCC3(C)C)OC(C(C)(C)C)=C/1.[C-]#[N+]/C(C#N)=C1\C=C(C)OC(/C=C/c2ccc(N(C)C)cc2)=C1.[Ir].[Ir]. The zero-order valence-electron chi connectivity index (χ0n) is 73.2. The number of aliphatic hydroxyl groups excluding tert-OH is 2. The molecule has 10 aromatic rings. The van der Waals surface area contributed by atoms with Crippen molar-refractivity contribution >= 4 is 56.8 Å². The van der Waals surface area contributed by atoms with Gasteiger partial charge in [0.05, 0.1) is 42.3 Å². The van der Waals surface area contributed by atoms with Gasteiger partial charge in [0.15, 0.2) is 11.6 Å². The molecule has 0 unspecified atom stereocenters. The van der Waals surface area contributed by atoms with Crippen LogP contribution in [0.25, 0.3) is 88.3 Å². The average Bonchev–Trinajstić information content (AvgIpc) is 1.72. The first-order valence-electron chi connectivity index (χ1n) is 40.5. The van der Waals surface area contributed by atoms with Gasteiger partial charge in [0.2, 0.25) is 0 Å². The molecule has 0 fully saturated rings. The maximum atomic E-state index is 10.0. The minimum Gasteiger partial charge on any atom is -0.512 e. The molecule has 6 heterocycles. The van der Waals surface area contributed by atoms with Gasteiger partial charge in [-0.05, 0) is 214 Å². The summed E-state index contributed by atoms with van der Waals surface area (Å²) < 4.78 is 11.8.